The quantitative estimate of drug-likeness (QED) is 0.877. The fraction of sp³-hybridized carbons (Fsp3) is 0.231. The van der Waals surface area contributed by atoms with Gasteiger partial charge in [0.2, 0.25) is 5.91 Å². The van der Waals surface area contributed by atoms with Crippen molar-refractivity contribution in [2.75, 3.05) is 0 Å². The number of nitrogens with one attached hydrogen (secondary N) is 1. The molecule has 0 saturated heterocycles. The molecule has 1 N–H and O–H groups in total. The molecule has 0 spiro atoms. The topological polar surface area (TPSA) is 55.1 Å². The number of aromatic nitrogens is 1. The second kappa shape index (κ2) is 5.30. The van der Waals surface area contributed by atoms with Crippen LogP contribution in [0.25, 0.3) is 11.5 Å². The van der Waals surface area contributed by atoms with E-state index in [2.05, 4.69) is 10.3 Å². The first-order chi connectivity index (χ1) is 8.29. The minimum Gasteiger partial charge on any atom is -0.463 e. The molecule has 1 amide bonds. The van der Waals surface area contributed by atoms with Crippen molar-refractivity contribution in [3.8, 4) is 11.5 Å². The Bertz CT molecular complexity index is 492. The first-order valence-electron chi connectivity index (χ1n) is 5.55. The third-order valence-corrected chi connectivity index (χ3v) is 2.41. The van der Waals surface area contributed by atoms with Crippen molar-refractivity contribution in [1.82, 2.24) is 10.3 Å². The Labute approximate surface area is 99.7 Å². The van der Waals surface area contributed by atoms with Gasteiger partial charge in [-0.3, -0.25) is 9.78 Å². The van der Waals surface area contributed by atoms with Crippen molar-refractivity contribution >= 4 is 5.91 Å². The van der Waals surface area contributed by atoms with Gasteiger partial charge in [-0.05, 0) is 29.8 Å². The van der Waals surface area contributed by atoms with Crippen LogP contribution in [0.4, 0.5) is 0 Å². The SMILES string of the molecule is CCC(=O)NCc1ccnc(-c2ccco2)c1. The number of amides is 1. The molecule has 0 aliphatic rings. The predicted octanol–water partition coefficient (Wildman–Crippen LogP) is 2.37. The van der Waals surface area contributed by atoms with E-state index < -0.39 is 0 Å². The minimum absolute atomic E-state index is 0.0429. The number of furan rings is 1. The first-order valence-corrected chi connectivity index (χ1v) is 5.55. The standard InChI is InChI=1S/C13H14N2O2/c1-2-13(16)15-9-10-5-6-14-11(8-10)12-4-3-7-17-12/h3-8H,2,9H2,1H3,(H,15,16). The monoisotopic (exact) mass is 230 g/mol. The summed E-state index contributed by atoms with van der Waals surface area (Å²) in [5.74, 6) is 0.773. The molecule has 2 aromatic rings. The highest BCUT2D eigenvalue weighted by Gasteiger charge is 2.04. The fourth-order valence-electron chi connectivity index (χ4n) is 1.47. The third kappa shape index (κ3) is 2.93. The summed E-state index contributed by atoms with van der Waals surface area (Å²) in [6.07, 6.45) is 3.82. The molecule has 0 saturated carbocycles. The Kier molecular flexibility index (Phi) is 3.55. The van der Waals surface area contributed by atoms with Crippen LogP contribution in [-0.4, -0.2) is 10.9 Å². The summed E-state index contributed by atoms with van der Waals surface area (Å²) in [6, 6.07) is 7.47. The molecule has 0 aromatic carbocycles. The number of nitrogens with zero attached hydrogens (tertiary/aromatic N) is 1. The van der Waals surface area contributed by atoms with Gasteiger partial charge in [0, 0.05) is 19.2 Å². The van der Waals surface area contributed by atoms with Crippen molar-refractivity contribution in [3.05, 3.63) is 42.3 Å². The second-order valence-corrected chi connectivity index (χ2v) is 3.66. The zero-order valence-electron chi connectivity index (χ0n) is 9.64. The molecule has 0 atom stereocenters. The number of rotatable bonds is 4. The molecule has 0 aliphatic carbocycles. The normalized spacial score (nSPS) is 10.2. The molecule has 88 valence electrons. The maximum atomic E-state index is 11.2. The van der Waals surface area contributed by atoms with E-state index in [1.807, 2.05) is 31.2 Å². The molecule has 17 heavy (non-hydrogen) atoms. The number of pyridine rings is 1. The highest BCUT2D eigenvalue weighted by atomic mass is 16.3. The van der Waals surface area contributed by atoms with Gasteiger partial charge in [0.25, 0.3) is 0 Å². The molecule has 0 radical (unpaired) electrons. The van der Waals surface area contributed by atoms with Crippen molar-refractivity contribution in [3.63, 3.8) is 0 Å². The summed E-state index contributed by atoms with van der Waals surface area (Å²) in [4.78, 5) is 15.4. The molecule has 2 aromatic heterocycles. The molecule has 4 heteroatoms. The van der Waals surface area contributed by atoms with Crippen molar-refractivity contribution in [1.29, 1.82) is 0 Å². The lowest BCUT2D eigenvalue weighted by Crippen LogP contribution is -2.21. The number of carbonyl (C=O) groups excluding carboxylic acids is 1. The number of carbonyl (C=O) groups is 1. The van der Waals surface area contributed by atoms with Crippen LogP contribution in [0.1, 0.15) is 18.9 Å². The van der Waals surface area contributed by atoms with Crippen molar-refractivity contribution in [2.24, 2.45) is 0 Å². The Hall–Kier alpha value is -2.10. The van der Waals surface area contributed by atoms with Gasteiger partial charge in [-0.2, -0.15) is 0 Å². The minimum atomic E-state index is 0.0429. The van der Waals surface area contributed by atoms with Crippen molar-refractivity contribution < 1.29 is 9.21 Å². The molecule has 2 rings (SSSR count). The van der Waals surface area contributed by atoms with Gasteiger partial charge in [0.1, 0.15) is 5.69 Å². The van der Waals surface area contributed by atoms with E-state index in [9.17, 15) is 4.79 Å². The Balaban J connectivity index is 2.09. The third-order valence-electron chi connectivity index (χ3n) is 2.41. The van der Waals surface area contributed by atoms with Gasteiger partial charge in [-0.15, -0.1) is 0 Å². The first kappa shape index (κ1) is 11.4. The van der Waals surface area contributed by atoms with Gasteiger partial charge < -0.3 is 9.73 Å². The predicted molar refractivity (Wildman–Crippen MR) is 64.1 cm³/mol. The van der Waals surface area contributed by atoms with Crippen LogP contribution >= 0.6 is 0 Å². The van der Waals surface area contributed by atoms with Gasteiger partial charge in [-0.25, -0.2) is 0 Å². The molecule has 4 nitrogen and oxygen atoms in total. The average Bonchev–Trinajstić information content (AvgIpc) is 2.90. The summed E-state index contributed by atoms with van der Waals surface area (Å²) >= 11 is 0. The van der Waals surface area contributed by atoms with Gasteiger partial charge in [-0.1, -0.05) is 6.92 Å². The van der Waals surface area contributed by atoms with Crippen LogP contribution in [-0.2, 0) is 11.3 Å². The second-order valence-electron chi connectivity index (χ2n) is 3.66. The van der Waals surface area contributed by atoms with Crippen LogP contribution in [0.3, 0.4) is 0 Å². The highest BCUT2D eigenvalue weighted by molar-refractivity contribution is 5.75. The summed E-state index contributed by atoms with van der Waals surface area (Å²) < 4.78 is 5.27. The van der Waals surface area contributed by atoms with Gasteiger partial charge in [0.15, 0.2) is 5.76 Å². The summed E-state index contributed by atoms with van der Waals surface area (Å²) in [5.41, 5.74) is 1.78. The molecule has 0 fully saturated rings. The van der Waals surface area contributed by atoms with E-state index in [0.29, 0.717) is 13.0 Å². The molecule has 0 unspecified atom stereocenters. The average molecular weight is 230 g/mol. The molecular weight excluding hydrogens is 216 g/mol. The zero-order chi connectivity index (χ0) is 12.1. The summed E-state index contributed by atoms with van der Waals surface area (Å²) in [5, 5.41) is 2.82. The van der Waals surface area contributed by atoms with E-state index in [4.69, 9.17) is 4.42 Å². The summed E-state index contributed by atoms with van der Waals surface area (Å²) in [6.45, 7) is 2.35. The largest absolute Gasteiger partial charge is 0.463 e. The maximum Gasteiger partial charge on any atom is 0.219 e. The van der Waals surface area contributed by atoms with Crippen LogP contribution in [0.5, 0.6) is 0 Å². The lowest BCUT2D eigenvalue weighted by atomic mass is 10.2. The van der Waals surface area contributed by atoms with E-state index >= 15 is 0 Å². The lowest BCUT2D eigenvalue weighted by molar-refractivity contribution is -0.120. The van der Waals surface area contributed by atoms with Crippen LogP contribution < -0.4 is 5.32 Å². The maximum absolute atomic E-state index is 11.2. The Morgan fingerprint density at radius 3 is 3.06 bits per heavy atom. The van der Waals surface area contributed by atoms with E-state index in [-0.39, 0.29) is 5.91 Å². The van der Waals surface area contributed by atoms with E-state index in [1.165, 1.54) is 0 Å². The van der Waals surface area contributed by atoms with Crippen molar-refractivity contribution in [2.45, 2.75) is 19.9 Å². The molecule has 0 aliphatic heterocycles. The smallest absolute Gasteiger partial charge is 0.219 e. The van der Waals surface area contributed by atoms with Crippen LogP contribution in [0, 0.1) is 0 Å². The van der Waals surface area contributed by atoms with Gasteiger partial charge >= 0.3 is 0 Å². The van der Waals surface area contributed by atoms with Crippen LogP contribution in [0.2, 0.25) is 0 Å². The zero-order valence-corrected chi connectivity index (χ0v) is 9.64. The van der Waals surface area contributed by atoms with Crippen LogP contribution in [0.15, 0.2) is 41.1 Å². The number of hydrogen-bond acceptors (Lipinski definition) is 3. The van der Waals surface area contributed by atoms with Gasteiger partial charge in [0.05, 0.1) is 6.26 Å². The Morgan fingerprint density at radius 1 is 1.47 bits per heavy atom. The van der Waals surface area contributed by atoms with E-state index in [1.54, 1.807) is 12.5 Å². The van der Waals surface area contributed by atoms with E-state index in [0.717, 1.165) is 17.0 Å². The summed E-state index contributed by atoms with van der Waals surface area (Å²) in [7, 11) is 0. The lowest BCUT2D eigenvalue weighted by Gasteiger charge is -2.04. The highest BCUT2D eigenvalue weighted by Crippen LogP contribution is 2.17. The molecular formula is C13H14N2O2. The molecule has 0 bridgehead atoms. The Morgan fingerprint density at radius 2 is 2.35 bits per heavy atom. The number of hydrogen-bond donors (Lipinski definition) is 1. The fourth-order valence-corrected chi connectivity index (χ4v) is 1.47. The molecule has 2 heterocycles.